The van der Waals surface area contributed by atoms with E-state index < -0.39 is 23.2 Å². The molecular formula is C7H9FO5S. The van der Waals surface area contributed by atoms with Gasteiger partial charge in [-0.15, -0.1) is 0 Å². The summed E-state index contributed by atoms with van der Waals surface area (Å²) in [5, 5.41) is 7.01. The lowest BCUT2D eigenvalue weighted by Gasteiger charge is -2.02. The van der Waals surface area contributed by atoms with Crippen LogP contribution in [0.15, 0.2) is 0 Å². The Kier molecular flexibility index (Phi) is 5.86. The number of hydrogen-bond acceptors (Lipinski definition) is 5. The van der Waals surface area contributed by atoms with Crippen LogP contribution in [0.5, 0.6) is 0 Å². The molecule has 5 nitrogen and oxygen atoms in total. The zero-order chi connectivity index (χ0) is 11.1. The van der Waals surface area contributed by atoms with Gasteiger partial charge in [0.25, 0.3) is 6.17 Å². The lowest BCUT2D eigenvalue weighted by atomic mass is 10.4. The zero-order valence-electron chi connectivity index (χ0n) is 7.36. The lowest BCUT2D eigenvalue weighted by molar-refractivity contribution is -0.145. The summed E-state index contributed by atoms with van der Waals surface area (Å²) in [6.07, 6.45) is -2.52. The number of carboxylic acid groups (broad SMARTS) is 1. The normalized spacial score (nSPS) is 11.9. The second-order valence-electron chi connectivity index (χ2n) is 2.21. The van der Waals surface area contributed by atoms with Crippen molar-refractivity contribution in [2.24, 2.45) is 0 Å². The Morgan fingerprint density at radius 3 is 2.50 bits per heavy atom. The van der Waals surface area contributed by atoms with Crippen LogP contribution in [-0.2, 0) is 19.1 Å². The Balaban J connectivity index is 3.64. The molecule has 0 fully saturated rings. The van der Waals surface area contributed by atoms with Crippen LogP contribution in [-0.4, -0.2) is 40.7 Å². The molecule has 0 heterocycles. The fourth-order valence-corrected chi connectivity index (χ4v) is 1.12. The van der Waals surface area contributed by atoms with Crippen molar-refractivity contribution in [2.45, 2.75) is 13.1 Å². The Morgan fingerprint density at radius 2 is 2.07 bits per heavy atom. The fourth-order valence-electron chi connectivity index (χ4n) is 0.502. The summed E-state index contributed by atoms with van der Waals surface area (Å²) in [6.45, 7) is 1.15. The van der Waals surface area contributed by atoms with E-state index in [1.165, 1.54) is 6.92 Å². The van der Waals surface area contributed by atoms with Gasteiger partial charge in [0.15, 0.2) is 0 Å². The highest BCUT2D eigenvalue weighted by Crippen LogP contribution is 2.08. The highest BCUT2D eigenvalue weighted by Gasteiger charge is 2.25. The van der Waals surface area contributed by atoms with Gasteiger partial charge in [-0.25, -0.2) is 9.18 Å². The molecule has 0 aliphatic heterocycles. The van der Waals surface area contributed by atoms with Crippen molar-refractivity contribution in [3.8, 4) is 0 Å². The number of alkyl halides is 1. The predicted octanol–water partition coefficient (Wildman–Crippen LogP) is 0.232. The molecular weight excluding hydrogens is 215 g/mol. The summed E-state index contributed by atoms with van der Waals surface area (Å²) in [6, 6.07) is 0. The lowest BCUT2D eigenvalue weighted by Crippen LogP contribution is -2.23. The van der Waals surface area contributed by atoms with Gasteiger partial charge in [0.1, 0.15) is 6.61 Å². The molecule has 0 aromatic rings. The molecule has 1 N–H and O–H groups in total. The number of aliphatic carboxylic acids is 1. The average molecular weight is 224 g/mol. The van der Waals surface area contributed by atoms with E-state index in [9.17, 15) is 18.8 Å². The molecule has 0 rings (SSSR count). The Bertz CT molecular complexity index is 242. The molecule has 0 spiro atoms. The first-order valence-electron chi connectivity index (χ1n) is 3.62. The third-order valence-corrected chi connectivity index (χ3v) is 1.92. The second-order valence-corrected chi connectivity index (χ2v) is 3.31. The van der Waals surface area contributed by atoms with Crippen molar-refractivity contribution >= 4 is 28.8 Å². The molecule has 1 atom stereocenters. The van der Waals surface area contributed by atoms with Crippen LogP contribution < -0.4 is 0 Å². The summed E-state index contributed by atoms with van der Waals surface area (Å²) >= 11 is 0.483. The number of halogens is 1. The monoisotopic (exact) mass is 224 g/mol. The van der Waals surface area contributed by atoms with Crippen molar-refractivity contribution in [3.05, 3.63) is 0 Å². The molecule has 0 aliphatic rings. The van der Waals surface area contributed by atoms with Crippen LogP contribution in [0.4, 0.5) is 4.39 Å². The average Bonchev–Trinajstić information content (AvgIpc) is 2.10. The van der Waals surface area contributed by atoms with E-state index in [-0.39, 0.29) is 12.4 Å². The molecule has 14 heavy (non-hydrogen) atoms. The third kappa shape index (κ3) is 5.52. The van der Waals surface area contributed by atoms with Crippen LogP contribution in [0, 0.1) is 0 Å². The molecule has 80 valence electrons. The van der Waals surface area contributed by atoms with Crippen LogP contribution in [0.1, 0.15) is 6.92 Å². The van der Waals surface area contributed by atoms with Gasteiger partial charge in [-0.1, -0.05) is 11.8 Å². The van der Waals surface area contributed by atoms with Crippen LogP contribution in [0.25, 0.3) is 0 Å². The van der Waals surface area contributed by atoms with Gasteiger partial charge in [0.05, 0.1) is 0 Å². The topological polar surface area (TPSA) is 80.7 Å². The number of thioether (sulfide) groups is 1. The highest BCUT2D eigenvalue weighted by molar-refractivity contribution is 8.13. The molecule has 7 heteroatoms. The van der Waals surface area contributed by atoms with Gasteiger partial charge in [-0.05, 0) is 0 Å². The number of hydrogen-bond donors (Lipinski definition) is 1. The first-order valence-corrected chi connectivity index (χ1v) is 4.60. The minimum atomic E-state index is -2.52. The maximum absolute atomic E-state index is 12.4. The highest BCUT2D eigenvalue weighted by atomic mass is 32.2. The molecule has 1 unspecified atom stereocenters. The number of carbonyl (C=O) groups excluding carboxylic acids is 2. The van der Waals surface area contributed by atoms with Gasteiger partial charge in [0, 0.05) is 12.7 Å². The largest absolute Gasteiger partial charge is 0.479 e. The van der Waals surface area contributed by atoms with Crippen LogP contribution in [0.2, 0.25) is 0 Å². The van der Waals surface area contributed by atoms with Crippen molar-refractivity contribution in [1.29, 1.82) is 0 Å². The van der Waals surface area contributed by atoms with E-state index in [2.05, 4.69) is 4.74 Å². The molecule has 0 amide bonds. The Hall–Kier alpha value is -1.11. The smallest absolute Gasteiger partial charge is 0.347 e. The maximum atomic E-state index is 12.4. The predicted molar refractivity (Wildman–Crippen MR) is 46.6 cm³/mol. The summed E-state index contributed by atoms with van der Waals surface area (Å²) in [4.78, 5) is 30.9. The van der Waals surface area contributed by atoms with E-state index in [0.717, 1.165) is 0 Å². The van der Waals surface area contributed by atoms with E-state index in [4.69, 9.17) is 5.11 Å². The molecule has 0 saturated carbocycles. The SMILES string of the molecule is CC(=O)OCCSC(=O)C(F)C(=O)O. The molecule has 0 aromatic carbocycles. The number of carboxylic acids is 1. The maximum Gasteiger partial charge on any atom is 0.347 e. The quantitative estimate of drug-likeness (QED) is 0.409. The molecule has 0 bridgehead atoms. The molecule has 0 radical (unpaired) electrons. The van der Waals surface area contributed by atoms with Gasteiger partial charge in [0.2, 0.25) is 5.12 Å². The summed E-state index contributed by atoms with van der Waals surface area (Å²) in [5.74, 6) is -2.27. The Labute approximate surface area is 83.6 Å². The van der Waals surface area contributed by atoms with Crippen LogP contribution >= 0.6 is 11.8 Å². The van der Waals surface area contributed by atoms with E-state index >= 15 is 0 Å². The molecule has 0 saturated heterocycles. The van der Waals surface area contributed by atoms with Gasteiger partial charge in [-0.3, -0.25) is 9.59 Å². The third-order valence-electron chi connectivity index (χ3n) is 1.06. The van der Waals surface area contributed by atoms with Crippen molar-refractivity contribution in [3.63, 3.8) is 0 Å². The minimum Gasteiger partial charge on any atom is -0.479 e. The Morgan fingerprint density at radius 1 is 1.50 bits per heavy atom. The molecule has 0 aliphatic carbocycles. The van der Waals surface area contributed by atoms with Gasteiger partial charge < -0.3 is 9.84 Å². The van der Waals surface area contributed by atoms with Gasteiger partial charge >= 0.3 is 11.9 Å². The van der Waals surface area contributed by atoms with Gasteiger partial charge in [-0.2, -0.15) is 0 Å². The number of esters is 1. The second kappa shape index (κ2) is 6.36. The standard InChI is InChI=1S/C7H9FO5S/c1-4(9)13-2-3-14-7(12)5(8)6(10)11/h5H,2-3H2,1H3,(H,10,11). The zero-order valence-corrected chi connectivity index (χ0v) is 8.17. The summed E-state index contributed by atoms with van der Waals surface area (Å²) < 4.78 is 16.9. The number of rotatable bonds is 5. The van der Waals surface area contributed by atoms with Crippen molar-refractivity contribution in [1.82, 2.24) is 0 Å². The molecule has 0 aromatic heterocycles. The van der Waals surface area contributed by atoms with Crippen molar-refractivity contribution < 1.29 is 28.6 Å². The summed E-state index contributed by atoms with van der Waals surface area (Å²) in [5.41, 5.74) is 0. The minimum absolute atomic E-state index is 0.0436. The fraction of sp³-hybridized carbons (Fsp3) is 0.571. The first kappa shape index (κ1) is 12.9. The van der Waals surface area contributed by atoms with E-state index in [0.29, 0.717) is 11.8 Å². The summed E-state index contributed by atoms with van der Waals surface area (Å²) in [7, 11) is 0. The first-order chi connectivity index (χ1) is 6.45. The van der Waals surface area contributed by atoms with Crippen LogP contribution in [0.3, 0.4) is 0 Å². The van der Waals surface area contributed by atoms with E-state index in [1.807, 2.05) is 0 Å². The number of ether oxygens (including phenoxy) is 1. The van der Waals surface area contributed by atoms with Crippen molar-refractivity contribution in [2.75, 3.05) is 12.4 Å². The number of carbonyl (C=O) groups is 3. The van der Waals surface area contributed by atoms with E-state index in [1.54, 1.807) is 0 Å².